The molecule has 0 amide bonds. The summed E-state index contributed by atoms with van der Waals surface area (Å²) in [5.41, 5.74) is 2.11. The predicted octanol–water partition coefficient (Wildman–Crippen LogP) is 3.53. The van der Waals surface area contributed by atoms with Crippen LogP contribution in [0.5, 0.6) is 11.5 Å². The highest BCUT2D eigenvalue weighted by molar-refractivity contribution is 7.17. The van der Waals surface area contributed by atoms with Crippen LogP contribution >= 0.6 is 11.3 Å². The van der Waals surface area contributed by atoms with Crippen LogP contribution in [0, 0.1) is 6.92 Å². The number of methoxy groups -OCH3 is 1. The van der Waals surface area contributed by atoms with Gasteiger partial charge in [-0.2, -0.15) is 0 Å². The minimum absolute atomic E-state index is 0.0114. The second kappa shape index (κ2) is 7.88. The summed E-state index contributed by atoms with van der Waals surface area (Å²) >= 11 is 1.32. The Balaban J connectivity index is 1.70. The number of thiazole rings is 1. The Labute approximate surface area is 154 Å². The van der Waals surface area contributed by atoms with Crippen LogP contribution in [0.4, 0.5) is 0 Å². The topological polar surface area (TPSA) is 84.7 Å². The Kier molecular flexibility index (Phi) is 5.38. The van der Waals surface area contributed by atoms with Crippen molar-refractivity contribution < 1.29 is 14.6 Å². The van der Waals surface area contributed by atoms with E-state index >= 15 is 0 Å². The first-order valence-electron chi connectivity index (χ1n) is 7.87. The smallest absolute Gasteiger partial charge is 0.196 e. The average Bonchev–Trinajstić information content (AvgIpc) is 3.04. The molecule has 0 unspecified atom stereocenters. The molecule has 0 aliphatic carbocycles. The van der Waals surface area contributed by atoms with E-state index in [0.717, 1.165) is 10.7 Å². The van der Waals surface area contributed by atoms with Gasteiger partial charge in [0.15, 0.2) is 17.3 Å². The molecule has 3 aromatic rings. The van der Waals surface area contributed by atoms with Crippen LogP contribution < -0.4 is 4.74 Å². The van der Waals surface area contributed by atoms with Crippen LogP contribution in [0.2, 0.25) is 0 Å². The molecule has 0 atom stereocenters. The van der Waals surface area contributed by atoms with Gasteiger partial charge in [0.1, 0.15) is 11.6 Å². The minimum Gasteiger partial charge on any atom is -0.504 e. The zero-order valence-electron chi connectivity index (χ0n) is 14.3. The fourth-order valence-electron chi connectivity index (χ4n) is 2.35. The van der Waals surface area contributed by atoms with Crippen molar-refractivity contribution in [3.8, 4) is 22.2 Å². The van der Waals surface area contributed by atoms with E-state index in [0.29, 0.717) is 21.9 Å². The largest absolute Gasteiger partial charge is 0.504 e. The molecule has 0 spiro atoms. The summed E-state index contributed by atoms with van der Waals surface area (Å²) in [6.07, 6.45) is 3.25. The normalized spacial score (nSPS) is 11.0. The van der Waals surface area contributed by atoms with Crippen LogP contribution in [0.1, 0.15) is 20.9 Å². The minimum atomic E-state index is -0.101. The molecule has 1 N–H and O–H groups in total. The molecule has 7 heteroatoms. The van der Waals surface area contributed by atoms with Gasteiger partial charge in [0.05, 0.1) is 23.4 Å². The highest BCUT2D eigenvalue weighted by atomic mass is 32.1. The molecule has 1 aromatic carbocycles. The van der Waals surface area contributed by atoms with E-state index in [2.05, 4.69) is 15.0 Å². The first kappa shape index (κ1) is 17.8. The molecule has 26 heavy (non-hydrogen) atoms. The van der Waals surface area contributed by atoms with E-state index in [1.165, 1.54) is 24.5 Å². The number of hydrogen-bond acceptors (Lipinski definition) is 7. The van der Waals surface area contributed by atoms with Crippen molar-refractivity contribution in [2.75, 3.05) is 13.7 Å². The van der Waals surface area contributed by atoms with Crippen molar-refractivity contribution in [2.45, 2.75) is 6.92 Å². The number of aromatic hydroxyl groups is 1. The van der Waals surface area contributed by atoms with E-state index < -0.39 is 0 Å². The number of phenols is 1. The van der Waals surface area contributed by atoms with Gasteiger partial charge >= 0.3 is 0 Å². The lowest BCUT2D eigenvalue weighted by atomic mass is 10.2. The van der Waals surface area contributed by atoms with Crippen molar-refractivity contribution in [1.82, 2.24) is 9.97 Å². The maximum absolute atomic E-state index is 12.4. The SMILES string of the molecule is COc1ccc(C=NCC(=O)c2sc(-c3ccccn3)nc2C)cc1O. The van der Waals surface area contributed by atoms with Crippen molar-refractivity contribution in [3.63, 3.8) is 0 Å². The van der Waals surface area contributed by atoms with Crippen LogP contribution in [0.15, 0.2) is 47.6 Å². The number of carbonyl (C=O) groups excluding carboxylic acids is 1. The molecular formula is C19H17N3O3S. The number of pyridine rings is 1. The molecular weight excluding hydrogens is 350 g/mol. The molecule has 0 aliphatic rings. The summed E-state index contributed by atoms with van der Waals surface area (Å²) in [5, 5.41) is 10.5. The Morgan fingerprint density at radius 2 is 2.19 bits per heavy atom. The fourth-order valence-corrected chi connectivity index (χ4v) is 3.32. The number of phenolic OH excluding ortho intramolecular Hbond substituents is 1. The van der Waals surface area contributed by atoms with E-state index in [1.807, 2.05) is 18.2 Å². The van der Waals surface area contributed by atoms with Crippen LogP contribution in [-0.4, -0.2) is 40.7 Å². The summed E-state index contributed by atoms with van der Waals surface area (Å²) in [4.78, 5) is 25.9. The number of benzene rings is 1. The maximum atomic E-state index is 12.4. The number of hydrogen-bond donors (Lipinski definition) is 1. The third-order valence-electron chi connectivity index (χ3n) is 3.61. The second-order valence-electron chi connectivity index (χ2n) is 5.47. The first-order chi connectivity index (χ1) is 12.6. The lowest BCUT2D eigenvalue weighted by Gasteiger charge is -2.02. The molecule has 0 fully saturated rings. The average molecular weight is 367 g/mol. The number of aryl methyl sites for hydroxylation is 1. The summed E-state index contributed by atoms with van der Waals surface area (Å²) < 4.78 is 4.99. The van der Waals surface area contributed by atoms with Crippen LogP contribution in [0.3, 0.4) is 0 Å². The molecule has 132 valence electrons. The summed E-state index contributed by atoms with van der Waals surface area (Å²) in [6.45, 7) is 1.82. The predicted molar refractivity (Wildman–Crippen MR) is 102 cm³/mol. The summed E-state index contributed by atoms with van der Waals surface area (Å²) in [5.74, 6) is 0.317. The molecule has 0 saturated heterocycles. The first-order valence-corrected chi connectivity index (χ1v) is 8.69. The number of aromatic nitrogens is 2. The standard InChI is InChI=1S/C19H17N3O3S/c1-12-18(26-19(22-12)14-5-3-4-8-21-14)16(24)11-20-10-13-6-7-17(25-2)15(23)9-13/h3-10,23H,11H2,1-2H3. The number of rotatable bonds is 6. The van der Waals surface area contributed by atoms with Gasteiger partial charge in [0.25, 0.3) is 0 Å². The third-order valence-corrected chi connectivity index (χ3v) is 4.83. The van der Waals surface area contributed by atoms with E-state index in [-0.39, 0.29) is 18.1 Å². The highest BCUT2D eigenvalue weighted by Crippen LogP contribution is 2.27. The second-order valence-corrected chi connectivity index (χ2v) is 6.47. The van der Waals surface area contributed by atoms with Gasteiger partial charge in [0.2, 0.25) is 0 Å². The number of ether oxygens (including phenoxy) is 1. The lowest BCUT2D eigenvalue weighted by Crippen LogP contribution is -2.03. The van der Waals surface area contributed by atoms with Gasteiger partial charge in [-0.15, -0.1) is 11.3 Å². The lowest BCUT2D eigenvalue weighted by molar-refractivity contribution is 0.100. The van der Waals surface area contributed by atoms with Gasteiger partial charge in [-0.3, -0.25) is 14.8 Å². The Morgan fingerprint density at radius 1 is 1.35 bits per heavy atom. The van der Waals surface area contributed by atoms with Gasteiger partial charge in [-0.05, 0) is 42.8 Å². The summed E-state index contributed by atoms with van der Waals surface area (Å²) in [6, 6.07) is 10.5. The quantitative estimate of drug-likeness (QED) is 0.532. The van der Waals surface area contributed by atoms with Gasteiger partial charge in [-0.1, -0.05) is 6.07 Å². The molecule has 0 saturated carbocycles. The fraction of sp³-hybridized carbons (Fsp3) is 0.158. The molecule has 2 heterocycles. The van der Waals surface area contributed by atoms with Crippen LogP contribution in [-0.2, 0) is 0 Å². The van der Waals surface area contributed by atoms with Gasteiger partial charge in [-0.25, -0.2) is 4.98 Å². The zero-order valence-corrected chi connectivity index (χ0v) is 15.2. The maximum Gasteiger partial charge on any atom is 0.196 e. The number of aliphatic imine (C=N–C) groups is 1. The number of nitrogens with zero attached hydrogens (tertiary/aromatic N) is 3. The van der Waals surface area contributed by atoms with E-state index in [4.69, 9.17) is 4.74 Å². The Hall–Kier alpha value is -3.06. The number of carbonyl (C=O) groups is 1. The molecule has 3 rings (SSSR count). The molecule has 0 aliphatic heterocycles. The van der Waals surface area contributed by atoms with Crippen molar-refractivity contribution in [1.29, 1.82) is 0 Å². The molecule has 0 radical (unpaired) electrons. The van der Waals surface area contributed by atoms with Crippen molar-refractivity contribution >= 4 is 23.3 Å². The molecule has 2 aromatic heterocycles. The van der Waals surface area contributed by atoms with Gasteiger partial charge in [0, 0.05) is 12.4 Å². The number of ketones is 1. The number of Topliss-reactive ketones (excluding diaryl/α,β-unsaturated/α-hetero) is 1. The van der Waals surface area contributed by atoms with Gasteiger partial charge < -0.3 is 9.84 Å². The molecule has 0 bridgehead atoms. The zero-order chi connectivity index (χ0) is 18.5. The van der Waals surface area contributed by atoms with E-state index in [9.17, 15) is 9.90 Å². The van der Waals surface area contributed by atoms with Crippen molar-refractivity contribution in [2.24, 2.45) is 4.99 Å². The monoisotopic (exact) mass is 367 g/mol. The molecule has 6 nitrogen and oxygen atoms in total. The highest BCUT2D eigenvalue weighted by Gasteiger charge is 2.16. The Morgan fingerprint density at radius 3 is 2.88 bits per heavy atom. The summed E-state index contributed by atoms with van der Waals surface area (Å²) in [7, 11) is 1.48. The van der Waals surface area contributed by atoms with E-state index in [1.54, 1.807) is 31.5 Å². The Bertz CT molecular complexity index is 952. The van der Waals surface area contributed by atoms with Crippen molar-refractivity contribution in [3.05, 3.63) is 58.7 Å². The third kappa shape index (κ3) is 3.94. The van der Waals surface area contributed by atoms with Crippen LogP contribution in [0.25, 0.3) is 10.7 Å².